The van der Waals surface area contributed by atoms with E-state index in [1.807, 2.05) is 0 Å². The van der Waals surface area contributed by atoms with Crippen molar-refractivity contribution < 1.29 is 0 Å². The molecule has 0 saturated heterocycles. The topological polar surface area (TPSA) is 0 Å². The van der Waals surface area contributed by atoms with Crippen molar-refractivity contribution in [2.24, 2.45) is 5.41 Å². The lowest BCUT2D eigenvalue weighted by Crippen LogP contribution is -2.13. The summed E-state index contributed by atoms with van der Waals surface area (Å²) in [6.07, 6.45) is 6.49. The minimum absolute atomic E-state index is 0.0508. The number of aryl methyl sites for hydroxylation is 3. The molecule has 0 spiro atoms. The summed E-state index contributed by atoms with van der Waals surface area (Å²) >= 11 is 0. The maximum atomic E-state index is 5.53. The summed E-state index contributed by atoms with van der Waals surface area (Å²) < 4.78 is 0. The van der Waals surface area contributed by atoms with E-state index in [4.69, 9.17) is 6.42 Å². The average Bonchev–Trinajstić information content (AvgIpc) is 2.11. The third-order valence-corrected chi connectivity index (χ3v) is 2.85. The van der Waals surface area contributed by atoms with Gasteiger partial charge in [0, 0.05) is 5.41 Å². The second kappa shape index (κ2) is 4.11. The third kappa shape index (κ3) is 2.86. The van der Waals surface area contributed by atoms with Crippen LogP contribution in [0.5, 0.6) is 0 Å². The van der Waals surface area contributed by atoms with Crippen LogP contribution in [0.4, 0.5) is 0 Å². The van der Waals surface area contributed by atoms with Crippen molar-refractivity contribution in [3.8, 4) is 12.3 Å². The van der Waals surface area contributed by atoms with Gasteiger partial charge in [0.15, 0.2) is 0 Å². The molecule has 0 heteroatoms. The van der Waals surface area contributed by atoms with E-state index in [1.54, 1.807) is 0 Å². The lowest BCUT2D eigenvalue weighted by molar-refractivity contribution is 0.499. The van der Waals surface area contributed by atoms with E-state index in [9.17, 15) is 0 Å². The van der Waals surface area contributed by atoms with Gasteiger partial charge in [-0.3, -0.25) is 0 Å². The fourth-order valence-electron chi connectivity index (χ4n) is 1.98. The SMILES string of the molecule is C#CC(C)(C)Cc1c(C)cc(C)cc1C. The van der Waals surface area contributed by atoms with Crippen LogP contribution in [-0.4, -0.2) is 0 Å². The number of rotatable bonds is 2. The molecule has 1 aromatic carbocycles. The van der Waals surface area contributed by atoms with Gasteiger partial charge in [-0.25, -0.2) is 0 Å². The molecular formula is C15H20. The molecule has 0 heterocycles. The number of terminal acetylenes is 1. The molecule has 0 bridgehead atoms. The first kappa shape index (κ1) is 11.9. The first-order chi connectivity index (χ1) is 6.85. The average molecular weight is 200 g/mol. The van der Waals surface area contributed by atoms with Crippen molar-refractivity contribution in [2.75, 3.05) is 0 Å². The Hall–Kier alpha value is -1.22. The summed E-state index contributed by atoms with van der Waals surface area (Å²) in [5, 5.41) is 0. The van der Waals surface area contributed by atoms with Gasteiger partial charge in [-0.05, 0) is 57.7 Å². The Kier molecular flexibility index (Phi) is 3.25. The van der Waals surface area contributed by atoms with Crippen molar-refractivity contribution in [3.63, 3.8) is 0 Å². The summed E-state index contributed by atoms with van der Waals surface area (Å²) in [4.78, 5) is 0. The molecular weight excluding hydrogens is 180 g/mol. The molecule has 1 rings (SSSR count). The van der Waals surface area contributed by atoms with E-state index in [2.05, 4.69) is 52.7 Å². The largest absolute Gasteiger partial charge is 0.120 e. The molecule has 15 heavy (non-hydrogen) atoms. The highest BCUT2D eigenvalue weighted by Crippen LogP contribution is 2.26. The minimum Gasteiger partial charge on any atom is -0.120 e. The summed E-state index contributed by atoms with van der Waals surface area (Å²) in [5.41, 5.74) is 5.40. The third-order valence-electron chi connectivity index (χ3n) is 2.85. The molecule has 0 fully saturated rings. The number of hydrogen-bond acceptors (Lipinski definition) is 0. The molecule has 1 aromatic rings. The smallest absolute Gasteiger partial charge is 0.0296 e. The van der Waals surface area contributed by atoms with Crippen LogP contribution in [0.1, 0.15) is 36.1 Å². The zero-order valence-corrected chi connectivity index (χ0v) is 10.4. The zero-order chi connectivity index (χ0) is 11.6. The summed E-state index contributed by atoms with van der Waals surface area (Å²) in [7, 11) is 0. The van der Waals surface area contributed by atoms with Crippen molar-refractivity contribution >= 4 is 0 Å². The standard InChI is InChI=1S/C15H20/c1-7-15(5,6)10-14-12(3)8-11(2)9-13(14)4/h1,8-9H,10H2,2-6H3. The predicted octanol–water partition coefficient (Wildman–Crippen LogP) is 3.81. The van der Waals surface area contributed by atoms with Gasteiger partial charge >= 0.3 is 0 Å². The van der Waals surface area contributed by atoms with Crippen LogP contribution < -0.4 is 0 Å². The maximum Gasteiger partial charge on any atom is 0.0296 e. The van der Waals surface area contributed by atoms with Gasteiger partial charge in [0.05, 0.1) is 0 Å². The van der Waals surface area contributed by atoms with Crippen LogP contribution >= 0.6 is 0 Å². The van der Waals surface area contributed by atoms with Crippen LogP contribution in [0.2, 0.25) is 0 Å². The second-order valence-electron chi connectivity index (χ2n) is 5.08. The normalized spacial score (nSPS) is 11.2. The highest BCUT2D eigenvalue weighted by molar-refractivity contribution is 5.38. The molecule has 0 saturated carbocycles. The zero-order valence-electron chi connectivity index (χ0n) is 10.4. The Bertz CT molecular complexity index is 380. The molecule has 0 aliphatic heterocycles. The lowest BCUT2D eigenvalue weighted by atomic mass is 9.83. The summed E-state index contributed by atoms with van der Waals surface area (Å²) in [6.45, 7) is 10.7. The van der Waals surface area contributed by atoms with Crippen molar-refractivity contribution in [1.29, 1.82) is 0 Å². The number of benzene rings is 1. The molecule has 0 unspecified atom stereocenters. The van der Waals surface area contributed by atoms with E-state index in [0.717, 1.165) is 6.42 Å². The van der Waals surface area contributed by atoms with Crippen LogP contribution in [0.15, 0.2) is 12.1 Å². The Labute approximate surface area is 93.7 Å². The Morgan fingerprint density at radius 1 is 1.13 bits per heavy atom. The first-order valence-electron chi connectivity index (χ1n) is 5.40. The Morgan fingerprint density at radius 2 is 1.60 bits per heavy atom. The molecule has 0 amide bonds. The van der Waals surface area contributed by atoms with Gasteiger partial charge in [-0.15, -0.1) is 12.3 Å². The van der Waals surface area contributed by atoms with Crippen LogP contribution in [0.25, 0.3) is 0 Å². The van der Waals surface area contributed by atoms with Gasteiger partial charge in [0.2, 0.25) is 0 Å². The lowest BCUT2D eigenvalue weighted by Gasteiger charge is -2.21. The Morgan fingerprint density at radius 3 is 2.00 bits per heavy atom. The molecule has 0 nitrogen and oxygen atoms in total. The van der Waals surface area contributed by atoms with Crippen molar-refractivity contribution in [2.45, 2.75) is 41.0 Å². The Balaban J connectivity index is 3.12. The molecule has 0 aromatic heterocycles. The van der Waals surface area contributed by atoms with Crippen LogP contribution in [0.3, 0.4) is 0 Å². The quantitative estimate of drug-likeness (QED) is 0.637. The first-order valence-corrected chi connectivity index (χ1v) is 5.40. The van der Waals surface area contributed by atoms with Crippen molar-refractivity contribution in [1.82, 2.24) is 0 Å². The van der Waals surface area contributed by atoms with Gasteiger partial charge in [0.25, 0.3) is 0 Å². The van der Waals surface area contributed by atoms with Gasteiger partial charge < -0.3 is 0 Å². The fourth-order valence-corrected chi connectivity index (χ4v) is 1.98. The van der Waals surface area contributed by atoms with E-state index in [0.29, 0.717) is 0 Å². The van der Waals surface area contributed by atoms with E-state index in [-0.39, 0.29) is 5.41 Å². The van der Waals surface area contributed by atoms with E-state index in [1.165, 1.54) is 22.3 Å². The van der Waals surface area contributed by atoms with Gasteiger partial charge in [0.1, 0.15) is 0 Å². The van der Waals surface area contributed by atoms with Crippen LogP contribution in [-0.2, 0) is 6.42 Å². The summed E-state index contributed by atoms with van der Waals surface area (Å²) in [6, 6.07) is 4.46. The van der Waals surface area contributed by atoms with Gasteiger partial charge in [-0.1, -0.05) is 17.7 Å². The predicted molar refractivity (Wildman–Crippen MR) is 67.0 cm³/mol. The van der Waals surface area contributed by atoms with E-state index >= 15 is 0 Å². The van der Waals surface area contributed by atoms with Gasteiger partial charge in [-0.2, -0.15) is 0 Å². The van der Waals surface area contributed by atoms with Crippen LogP contribution in [0, 0.1) is 38.5 Å². The monoisotopic (exact) mass is 200 g/mol. The molecule has 0 aliphatic carbocycles. The fraction of sp³-hybridized carbons (Fsp3) is 0.467. The molecule has 0 aliphatic rings. The highest BCUT2D eigenvalue weighted by atomic mass is 14.2. The molecule has 80 valence electrons. The molecule has 0 N–H and O–H groups in total. The maximum absolute atomic E-state index is 5.53. The van der Waals surface area contributed by atoms with E-state index < -0.39 is 0 Å². The molecule has 0 radical (unpaired) electrons. The second-order valence-corrected chi connectivity index (χ2v) is 5.08. The number of hydrogen-bond donors (Lipinski definition) is 0. The highest BCUT2D eigenvalue weighted by Gasteiger charge is 2.17. The summed E-state index contributed by atoms with van der Waals surface area (Å²) in [5.74, 6) is 2.86. The molecule has 0 atom stereocenters. The van der Waals surface area contributed by atoms with Crippen molar-refractivity contribution in [3.05, 3.63) is 34.4 Å². The minimum atomic E-state index is -0.0508.